The van der Waals surface area contributed by atoms with E-state index in [0.29, 0.717) is 23.6 Å². The summed E-state index contributed by atoms with van der Waals surface area (Å²) in [5.41, 5.74) is 12.8. The zero-order valence-electron chi connectivity index (χ0n) is 17.8. The molecule has 2 heterocycles. The number of carbonyl (C=O) groups is 1. The average molecular weight is 452 g/mol. The van der Waals surface area contributed by atoms with Gasteiger partial charge < -0.3 is 21.1 Å². The molecule has 1 aliphatic rings. The van der Waals surface area contributed by atoms with Crippen molar-refractivity contribution in [2.45, 2.75) is 31.8 Å². The molecule has 1 aliphatic heterocycles. The highest BCUT2D eigenvalue weighted by Gasteiger charge is 2.30. The highest BCUT2D eigenvalue weighted by atomic mass is 19.1. The number of amides is 1. The Morgan fingerprint density at radius 3 is 2.58 bits per heavy atom. The van der Waals surface area contributed by atoms with Crippen molar-refractivity contribution in [1.82, 2.24) is 14.7 Å². The molecule has 1 amide bonds. The van der Waals surface area contributed by atoms with E-state index in [2.05, 4.69) is 11.3 Å². The number of anilines is 1. The number of aromatic nitrogens is 2. The highest BCUT2D eigenvalue weighted by molar-refractivity contribution is 6.03. The second-order valence-corrected chi connectivity index (χ2v) is 7.95. The van der Waals surface area contributed by atoms with Crippen LogP contribution < -0.4 is 16.2 Å². The van der Waals surface area contributed by atoms with Gasteiger partial charge in [0.05, 0.1) is 12.6 Å². The average Bonchev–Trinajstić information content (AvgIpc) is 3.14. The van der Waals surface area contributed by atoms with Gasteiger partial charge in [-0.1, -0.05) is 0 Å². The number of nitriles is 1. The summed E-state index contributed by atoms with van der Waals surface area (Å²) in [5.74, 6) is -1.91. The van der Waals surface area contributed by atoms with Gasteiger partial charge in [-0.3, -0.25) is 4.79 Å². The number of likely N-dealkylation sites (tertiary alicyclic amines) is 1. The number of hydrogen-bond donors (Lipinski definition) is 2. The predicted molar refractivity (Wildman–Crippen MR) is 117 cm³/mol. The smallest absolute Gasteiger partial charge is 0.254 e. The molecular formula is C23H22F2N6O2. The first-order valence-electron chi connectivity index (χ1n) is 10.4. The van der Waals surface area contributed by atoms with E-state index >= 15 is 0 Å². The SMILES string of the molecule is C[C@H]1CCC(n2nc(-c3ccc(Oc4ccc(F)cc4F)cc3)c(C(N)=O)c2N)CN1C#N. The summed E-state index contributed by atoms with van der Waals surface area (Å²) >= 11 is 0. The number of rotatable bonds is 5. The van der Waals surface area contributed by atoms with Crippen LogP contribution in [0.5, 0.6) is 11.5 Å². The van der Waals surface area contributed by atoms with Crippen LogP contribution in [0.2, 0.25) is 0 Å². The van der Waals surface area contributed by atoms with Crippen LogP contribution in [-0.4, -0.2) is 33.2 Å². The standard InChI is InChI=1S/C23H22F2N6O2/c1-13-2-6-16(11-30(13)12-26)31-22(27)20(23(28)32)21(29-31)14-3-7-17(8-4-14)33-19-9-5-15(24)10-18(19)25/h3-5,7-10,13,16H,2,6,11,27H2,1H3,(H2,28,32)/t13-,16?/m0/s1. The Kier molecular flexibility index (Phi) is 5.87. The minimum atomic E-state index is -0.824. The lowest BCUT2D eigenvalue weighted by molar-refractivity contribution is 0.100. The van der Waals surface area contributed by atoms with Crippen LogP contribution in [-0.2, 0) is 0 Å². The number of nitrogen functional groups attached to an aromatic ring is 1. The number of benzene rings is 2. The second kappa shape index (κ2) is 8.78. The maximum Gasteiger partial charge on any atom is 0.254 e. The first-order chi connectivity index (χ1) is 15.8. The third-order valence-electron chi connectivity index (χ3n) is 5.77. The summed E-state index contributed by atoms with van der Waals surface area (Å²) in [7, 11) is 0. The zero-order valence-corrected chi connectivity index (χ0v) is 17.8. The lowest BCUT2D eigenvalue weighted by Gasteiger charge is -2.34. The van der Waals surface area contributed by atoms with Crippen LogP contribution in [0.1, 0.15) is 36.2 Å². The third kappa shape index (κ3) is 4.30. The minimum Gasteiger partial charge on any atom is -0.454 e. The van der Waals surface area contributed by atoms with E-state index in [1.54, 1.807) is 33.8 Å². The van der Waals surface area contributed by atoms with Gasteiger partial charge in [-0.15, -0.1) is 0 Å². The van der Waals surface area contributed by atoms with Crippen molar-refractivity contribution in [2.24, 2.45) is 5.73 Å². The van der Waals surface area contributed by atoms with Crippen LogP contribution in [0, 0.1) is 23.1 Å². The number of nitrogens with two attached hydrogens (primary N) is 2. The van der Waals surface area contributed by atoms with Crippen LogP contribution in [0.3, 0.4) is 0 Å². The molecule has 0 aliphatic carbocycles. The zero-order chi connectivity index (χ0) is 23.7. The molecule has 1 fully saturated rings. The van der Waals surface area contributed by atoms with Gasteiger partial charge in [-0.25, -0.2) is 13.5 Å². The normalized spacial score (nSPS) is 18.1. The Hall–Kier alpha value is -4.13. The third-order valence-corrected chi connectivity index (χ3v) is 5.77. The molecule has 8 nitrogen and oxygen atoms in total. The number of primary amides is 1. The number of nitrogens with zero attached hydrogens (tertiary/aromatic N) is 4. The van der Waals surface area contributed by atoms with Crippen molar-refractivity contribution in [3.63, 3.8) is 0 Å². The van der Waals surface area contributed by atoms with Gasteiger partial charge in [0.2, 0.25) is 0 Å². The quantitative estimate of drug-likeness (QED) is 0.568. The fourth-order valence-corrected chi connectivity index (χ4v) is 3.96. The Morgan fingerprint density at radius 2 is 1.94 bits per heavy atom. The van der Waals surface area contributed by atoms with Gasteiger partial charge in [-0.2, -0.15) is 10.4 Å². The van der Waals surface area contributed by atoms with Crippen molar-refractivity contribution < 1.29 is 18.3 Å². The molecule has 3 aromatic rings. The van der Waals surface area contributed by atoms with E-state index in [4.69, 9.17) is 16.2 Å². The van der Waals surface area contributed by atoms with Crippen molar-refractivity contribution in [2.75, 3.05) is 12.3 Å². The molecule has 0 saturated carbocycles. The highest BCUT2D eigenvalue weighted by Crippen LogP contribution is 2.34. The maximum atomic E-state index is 13.9. The Bertz CT molecular complexity index is 1230. The van der Waals surface area contributed by atoms with Crippen molar-refractivity contribution in [3.05, 3.63) is 59.7 Å². The molecular weight excluding hydrogens is 430 g/mol. The van der Waals surface area contributed by atoms with Gasteiger partial charge in [0.25, 0.3) is 5.91 Å². The number of piperidine rings is 1. The van der Waals surface area contributed by atoms with Gasteiger partial charge in [0.15, 0.2) is 17.8 Å². The number of carbonyl (C=O) groups excluding carboxylic acids is 1. The van der Waals surface area contributed by atoms with Crippen molar-refractivity contribution in [3.8, 4) is 28.9 Å². The predicted octanol–water partition coefficient (Wildman–Crippen LogP) is 3.81. The largest absolute Gasteiger partial charge is 0.454 e. The molecule has 170 valence electrons. The second-order valence-electron chi connectivity index (χ2n) is 7.95. The summed E-state index contributed by atoms with van der Waals surface area (Å²) in [6.07, 6.45) is 3.71. The van der Waals surface area contributed by atoms with E-state index in [-0.39, 0.29) is 29.2 Å². The summed E-state index contributed by atoms with van der Waals surface area (Å²) < 4.78 is 34.0. The van der Waals surface area contributed by atoms with E-state index < -0.39 is 17.5 Å². The van der Waals surface area contributed by atoms with Gasteiger partial charge in [-0.05, 0) is 56.2 Å². The van der Waals surface area contributed by atoms with Crippen LogP contribution in [0.4, 0.5) is 14.6 Å². The first kappa shape index (κ1) is 22.1. The van der Waals surface area contributed by atoms with E-state index in [9.17, 15) is 18.8 Å². The van der Waals surface area contributed by atoms with E-state index in [1.807, 2.05) is 6.92 Å². The molecule has 2 atom stereocenters. The molecule has 1 unspecified atom stereocenters. The minimum absolute atomic E-state index is 0.0929. The molecule has 10 heteroatoms. The van der Waals surface area contributed by atoms with Crippen LogP contribution >= 0.6 is 0 Å². The van der Waals surface area contributed by atoms with Crippen molar-refractivity contribution in [1.29, 1.82) is 5.26 Å². The monoisotopic (exact) mass is 452 g/mol. The molecule has 0 spiro atoms. The molecule has 1 saturated heterocycles. The number of hydrogen-bond acceptors (Lipinski definition) is 6. The topological polar surface area (TPSA) is 123 Å². The number of halogens is 2. The molecule has 0 radical (unpaired) electrons. The number of ether oxygens (including phenoxy) is 1. The lowest BCUT2D eigenvalue weighted by Crippen LogP contribution is -2.39. The fourth-order valence-electron chi connectivity index (χ4n) is 3.96. The van der Waals surface area contributed by atoms with Crippen molar-refractivity contribution >= 4 is 11.7 Å². The van der Waals surface area contributed by atoms with Gasteiger partial charge >= 0.3 is 0 Å². The van der Waals surface area contributed by atoms with Gasteiger partial charge in [0.1, 0.15) is 28.6 Å². The lowest BCUT2D eigenvalue weighted by atomic mass is 10.00. The first-order valence-corrected chi connectivity index (χ1v) is 10.4. The van der Waals surface area contributed by atoms with E-state index in [1.165, 1.54) is 6.07 Å². The summed E-state index contributed by atoms with van der Waals surface area (Å²) in [6, 6.07) is 9.38. The summed E-state index contributed by atoms with van der Waals surface area (Å²) in [5, 5.41) is 13.9. The van der Waals surface area contributed by atoms with Crippen LogP contribution in [0.15, 0.2) is 42.5 Å². The molecule has 0 bridgehead atoms. The maximum absolute atomic E-state index is 13.9. The van der Waals surface area contributed by atoms with E-state index in [0.717, 1.165) is 25.0 Å². The molecule has 4 rings (SSSR count). The molecule has 4 N–H and O–H groups in total. The summed E-state index contributed by atoms with van der Waals surface area (Å²) in [4.78, 5) is 13.9. The fraction of sp³-hybridized carbons (Fsp3) is 0.261. The Labute approximate surface area is 189 Å². The van der Waals surface area contributed by atoms with Gasteiger partial charge in [0, 0.05) is 17.7 Å². The molecule has 1 aromatic heterocycles. The van der Waals surface area contributed by atoms with Crippen LogP contribution in [0.25, 0.3) is 11.3 Å². The Morgan fingerprint density at radius 1 is 1.21 bits per heavy atom. The summed E-state index contributed by atoms with van der Waals surface area (Å²) in [6.45, 7) is 2.41. The molecule has 2 aromatic carbocycles. The Balaban J connectivity index is 1.64. The molecule has 33 heavy (non-hydrogen) atoms.